The number of benzene rings is 2. The Kier molecular flexibility index (Phi) is 6.70. The van der Waals surface area contributed by atoms with Gasteiger partial charge in [0.25, 0.3) is 11.8 Å². The fourth-order valence-electron chi connectivity index (χ4n) is 3.03. The quantitative estimate of drug-likeness (QED) is 0.472. The fraction of sp³-hybridized carbons (Fsp3) is 0.292. The summed E-state index contributed by atoms with van der Waals surface area (Å²) in [6.45, 7) is 4.55. The van der Waals surface area contributed by atoms with E-state index in [-0.39, 0.29) is 17.9 Å². The topological polar surface area (TPSA) is 89.5 Å². The number of hydrogen-bond donors (Lipinski definition) is 2. The van der Waals surface area contributed by atoms with Gasteiger partial charge in [-0.3, -0.25) is 14.9 Å². The lowest BCUT2D eigenvalue weighted by Gasteiger charge is -2.14. The standard InChI is InChI=1S/C24H25N3O4S/c1-15(2)30-20-11-18(23(29)27-24-25-9-10-32-24)12-21(13-20)31-19-7-5-17(6-8-19)22(28)26-14-16-3-4-16/h5-13,15-16H,3-4,14H2,1-2H3,(H,26,28)(H,25,27,29). The average molecular weight is 452 g/mol. The van der Waals surface area contributed by atoms with E-state index in [9.17, 15) is 9.59 Å². The average Bonchev–Trinajstić information content (AvgIpc) is 3.46. The van der Waals surface area contributed by atoms with Crippen LogP contribution in [0.4, 0.5) is 5.13 Å². The lowest BCUT2D eigenvalue weighted by molar-refractivity contribution is 0.0951. The van der Waals surface area contributed by atoms with Crippen molar-refractivity contribution in [2.24, 2.45) is 5.92 Å². The second kappa shape index (κ2) is 9.82. The molecule has 0 bridgehead atoms. The first-order chi connectivity index (χ1) is 15.5. The van der Waals surface area contributed by atoms with Gasteiger partial charge in [0.05, 0.1) is 6.10 Å². The van der Waals surface area contributed by atoms with Gasteiger partial charge in [-0.05, 0) is 69.0 Å². The molecule has 32 heavy (non-hydrogen) atoms. The summed E-state index contributed by atoms with van der Waals surface area (Å²) < 4.78 is 11.8. The van der Waals surface area contributed by atoms with Crippen molar-refractivity contribution in [3.8, 4) is 17.2 Å². The molecule has 1 saturated carbocycles. The summed E-state index contributed by atoms with van der Waals surface area (Å²) in [6.07, 6.45) is 3.95. The molecule has 0 saturated heterocycles. The van der Waals surface area contributed by atoms with Gasteiger partial charge in [-0.25, -0.2) is 4.98 Å². The smallest absolute Gasteiger partial charge is 0.257 e. The molecule has 1 aliphatic rings. The van der Waals surface area contributed by atoms with Crippen molar-refractivity contribution in [3.63, 3.8) is 0 Å². The van der Waals surface area contributed by atoms with Crippen molar-refractivity contribution in [2.75, 3.05) is 11.9 Å². The molecule has 0 atom stereocenters. The number of amides is 2. The van der Waals surface area contributed by atoms with Gasteiger partial charge in [-0.15, -0.1) is 11.3 Å². The summed E-state index contributed by atoms with van der Waals surface area (Å²) in [5, 5.41) is 8.02. The van der Waals surface area contributed by atoms with Gasteiger partial charge < -0.3 is 14.8 Å². The number of nitrogens with one attached hydrogen (secondary N) is 2. The van der Waals surface area contributed by atoms with Gasteiger partial charge in [-0.2, -0.15) is 0 Å². The van der Waals surface area contributed by atoms with Crippen molar-refractivity contribution in [1.82, 2.24) is 10.3 Å². The number of nitrogens with zero attached hydrogens (tertiary/aromatic N) is 1. The Hall–Kier alpha value is -3.39. The fourth-order valence-corrected chi connectivity index (χ4v) is 3.55. The first-order valence-corrected chi connectivity index (χ1v) is 11.4. The maximum absolute atomic E-state index is 12.7. The Bertz CT molecular complexity index is 1080. The number of rotatable bonds is 9. The highest BCUT2D eigenvalue weighted by atomic mass is 32.1. The van der Waals surface area contributed by atoms with E-state index in [2.05, 4.69) is 15.6 Å². The zero-order chi connectivity index (χ0) is 22.5. The van der Waals surface area contributed by atoms with Gasteiger partial charge >= 0.3 is 0 Å². The Morgan fingerprint density at radius 3 is 2.44 bits per heavy atom. The first kappa shape index (κ1) is 21.8. The summed E-state index contributed by atoms with van der Waals surface area (Å²) in [4.78, 5) is 29.0. The molecule has 4 rings (SSSR count). The Morgan fingerprint density at radius 2 is 1.78 bits per heavy atom. The maximum Gasteiger partial charge on any atom is 0.257 e. The molecule has 8 heteroatoms. The number of aromatic nitrogens is 1. The van der Waals surface area contributed by atoms with E-state index >= 15 is 0 Å². The summed E-state index contributed by atoms with van der Waals surface area (Å²) in [5.41, 5.74) is 0.975. The second-order valence-corrected chi connectivity index (χ2v) is 8.83. The highest BCUT2D eigenvalue weighted by Crippen LogP contribution is 2.30. The number of anilines is 1. The molecule has 0 spiro atoms. The predicted molar refractivity (Wildman–Crippen MR) is 124 cm³/mol. The molecule has 0 unspecified atom stereocenters. The second-order valence-electron chi connectivity index (χ2n) is 7.93. The molecule has 2 amide bonds. The number of hydrogen-bond acceptors (Lipinski definition) is 6. The zero-order valence-corrected chi connectivity index (χ0v) is 18.8. The van der Waals surface area contributed by atoms with Crippen LogP contribution in [-0.2, 0) is 0 Å². The summed E-state index contributed by atoms with van der Waals surface area (Å²) in [5.74, 6) is 1.77. The third-order valence-corrected chi connectivity index (χ3v) is 5.46. The van der Waals surface area contributed by atoms with Crippen molar-refractivity contribution in [1.29, 1.82) is 0 Å². The van der Waals surface area contributed by atoms with E-state index in [4.69, 9.17) is 9.47 Å². The van der Waals surface area contributed by atoms with Crippen LogP contribution < -0.4 is 20.1 Å². The number of carbonyl (C=O) groups excluding carboxylic acids is 2. The molecule has 1 fully saturated rings. The van der Waals surface area contributed by atoms with Crippen LogP contribution in [0.2, 0.25) is 0 Å². The highest BCUT2D eigenvalue weighted by Gasteiger charge is 2.21. The summed E-state index contributed by atoms with van der Waals surface area (Å²) in [7, 11) is 0. The van der Waals surface area contributed by atoms with E-state index in [1.54, 1.807) is 54.0 Å². The van der Waals surface area contributed by atoms with Crippen LogP contribution in [-0.4, -0.2) is 29.4 Å². The summed E-state index contributed by atoms with van der Waals surface area (Å²) in [6, 6.07) is 12.0. The zero-order valence-electron chi connectivity index (χ0n) is 18.0. The van der Waals surface area contributed by atoms with E-state index in [0.717, 1.165) is 6.54 Å². The molecule has 0 radical (unpaired) electrons. The molecule has 3 aromatic rings. The van der Waals surface area contributed by atoms with E-state index in [1.807, 2.05) is 13.8 Å². The third kappa shape index (κ3) is 6.07. The van der Waals surface area contributed by atoms with Gasteiger partial charge in [-0.1, -0.05) is 0 Å². The molecule has 0 aliphatic heterocycles. The minimum atomic E-state index is -0.304. The van der Waals surface area contributed by atoms with Crippen LogP contribution in [0.1, 0.15) is 47.4 Å². The van der Waals surface area contributed by atoms with Crippen molar-refractivity contribution in [2.45, 2.75) is 32.8 Å². The largest absolute Gasteiger partial charge is 0.491 e. The lowest BCUT2D eigenvalue weighted by Crippen LogP contribution is -2.25. The predicted octanol–water partition coefficient (Wildman–Crippen LogP) is 5.11. The minimum Gasteiger partial charge on any atom is -0.491 e. The van der Waals surface area contributed by atoms with Crippen LogP contribution in [0.15, 0.2) is 54.0 Å². The van der Waals surface area contributed by atoms with Gasteiger partial charge in [0.2, 0.25) is 0 Å². The van der Waals surface area contributed by atoms with E-state index in [0.29, 0.717) is 39.4 Å². The van der Waals surface area contributed by atoms with Crippen LogP contribution in [0.5, 0.6) is 17.2 Å². The number of thiazole rings is 1. The molecule has 2 N–H and O–H groups in total. The minimum absolute atomic E-state index is 0.0615. The van der Waals surface area contributed by atoms with Crippen LogP contribution in [0.25, 0.3) is 0 Å². The highest BCUT2D eigenvalue weighted by molar-refractivity contribution is 7.13. The van der Waals surface area contributed by atoms with Crippen LogP contribution in [0, 0.1) is 5.92 Å². The van der Waals surface area contributed by atoms with Crippen molar-refractivity contribution < 1.29 is 19.1 Å². The van der Waals surface area contributed by atoms with E-state index < -0.39 is 0 Å². The molecule has 1 aromatic heterocycles. The molecule has 2 aromatic carbocycles. The molecule has 7 nitrogen and oxygen atoms in total. The maximum atomic E-state index is 12.7. The normalized spacial score (nSPS) is 13.0. The Balaban J connectivity index is 1.48. The molecule has 166 valence electrons. The third-order valence-electron chi connectivity index (χ3n) is 4.77. The van der Waals surface area contributed by atoms with Gasteiger partial charge in [0, 0.05) is 35.3 Å². The molecule has 1 heterocycles. The Morgan fingerprint density at radius 1 is 1.03 bits per heavy atom. The number of carbonyl (C=O) groups is 2. The van der Waals surface area contributed by atoms with Gasteiger partial charge in [0.15, 0.2) is 5.13 Å². The van der Waals surface area contributed by atoms with Crippen molar-refractivity contribution >= 4 is 28.3 Å². The lowest BCUT2D eigenvalue weighted by atomic mass is 10.1. The van der Waals surface area contributed by atoms with Crippen molar-refractivity contribution in [3.05, 3.63) is 65.2 Å². The SMILES string of the molecule is CC(C)Oc1cc(Oc2ccc(C(=O)NCC3CC3)cc2)cc(C(=O)Nc2nccs2)c1. The van der Waals surface area contributed by atoms with Crippen LogP contribution in [0.3, 0.4) is 0 Å². The monoisotopic (exact) mass is 451 g/mol. The van der Waals surface area contributed by atoms with E-state index in [1.165, 1.54) is 24.2 Å². The molecular weight excluding hydrogens is 426 g/mol. The summed E-state index contributed by atoms with van der Waals surface area (Å²) >= 11 is 1.34. The number of ether oxygens (including phenoxy) is 2. The Labute approximate surface area is 190 Å². The van der Waals surface area contributed by atoms with Gasteiger partial charge in [0.1, 0.15) is 17.2 Å². The molecular formula is C24H25N3O4S. The molecule has 1 aliphatic carbocycles. The first-order valence-electron chi connectivity index (χ1n) is 10.5. The van der Waals surface area contributed by atoms with Crippen LogP contribution >= 0.6 is 11.3 Å².